The highest BCUT2D eigenvalue weighted by molar-refractivity contribution is 5.02. The van der Waals surface area contributed by atoms with Gasteiger partial charge in [-0.05, 0) is 25.3 Å². The number of hydrogen-bond acceptors (Lipinski definition) is 2. The maximum absolute atomic E-state index is 5.96. The molecular formula is C13H27NO. The van der Waals surface area contributed by atoms with Crippen molar-refractivity contribution in [3.63, 3.8) is 0 Å². The molecule has 1 aliphatic carbocycles. The van der Waals surface area contributed by atoms with Crippen LogP contribution in [0.2, 0.25) is 0 Å². The third kappa shape index (κ3) is 3.18. The SMILES string of the molecule is CNC1CC(OCCC(C)(C)C)C1(C)C. The van der Waals surface area contributed by atoms with E-state index in [0.717, 1.165) is 19.4 Å². The van der Waals surface area contributed by atoms with Crippen molar-refractivity contribution >= 4 is 0 Å². The molecule has 0 aromatic carbocycles. The van der Waals surface area contributed by atoms with E-state index in [1.54, 1.807) is 0 Å². The lowest BCUT2D eigenvalue weighted by atomic mass is 9.64. The van der Waals surface area contributed by atoms with Gasteiger partial charge in [-0.3, -0.25) is 0 Å². The van der Waals surface area contributed by atoms with Crippen molar-refractivity contribution in [3.05, 3.63) is 0 Å². The fraction of sp³-hybridized carbons (Fsp3) is 1.00. The van der Waals surface area contributed by atoms with Gasteiger partial charge in [-0.1, -0.05) is 34.6 Å². The Labute approximate surface area is 94.8 Å². The van der Waals surface area contributed by atoms with E-state index in [9.17, 15) is 0 Å². The summed E-state index contributed by atoms with van der Waals surface area (Å²) in [6.07, 6.45) is 2.74. The van der Waals surface area contributed by atoms with Crippen molar-refractivity contribution in [2.45, 2.75) is 59.6 Å². The molecule has 1 aliphatic rings. The molecule has 1 rings (SSSR count). The fourth-order valence-corrected chi connectivity index (χ4v) is 2.17. The average Bonchev–Trinajstić information content (AvgIpc) is 2.08. The highest BCUT2D eigenvalue weighted by atomic mass is 16.5. The molecule has 0 bridgehead atoms. The van der Waals surface area contributed by atoms with Crippen LogP contribution in [0.5, 0.6) is 0 Å². The zero-order valence-electron chi connectivity index (χ0n) is 11.2. The summed E-state index contributed by atoms with van der Waals surface area (Å²) in [5, 5.41) is 3.35. The van der Waals surface area contributed by atoms with E-state index in [2.05, 4.69) is 39.9 Å². The van der Waals surface area contributed by atoms with Crippen molar-refractivity contribution in [1.82, 2.24) is 5.32 Å². The monoisotopic (exact) mass is 213 g/mol. The van der Waals surface area contributed by atoms with Crippen LogP contribution in [0.25, 0.3) is 0 Å². The summed E-state index contributed by atoms with van der Waals surface area (Å²) in [7, 11) is 2.04. The van der Waals surface area contributed by atoms with E-state index >= 15 is 0 Å². The third-order valence-corrected chi connectivity index (χ3v) is 3.70. The second kappa shape index (κ2) is 4.42. The molecule has 0 aromatic rings. The first kappa shape index (κ1) is 13.0. The summed E-state index contributed by atoms with van der Waals surface area (Å²) < 4.78 is 5.96. The van der Waals surface area contributed by atoms with Crippen LogP contribution in [0.4, 0.5) is 0 Å². The van der Waals surface area contributed by atoms with Gasteiger partial charge in [0.25, 0.3) is 0 Å². The van der Waals surface area contributed by atoms with E-state index in [1.807, 2.05) is 7.05 Å². The van der Waals surface area contributed by atoms with Crippen molar-refractivity contribution in [1.29, 1.82) is 0 Å². The molecule has 0 amide bonds. The molecular weight excluding hydrogens is 186 g/mol. The summed E-state index contributed by atoms with van der Waals surface area (Å²) in [6, 6.07) is 0.622. The van der Waals surface area contributed by atoms with E-state index in [-0.39, 0.29) is 0 Å². The summed E-state index contributed by atoms with van der Waals surface area (Å²) in [4.78, 5) is 0. The number of nitrogens with one attached hydrogen (secondary N) is 1. The first-order chi connectivity index (χ1) is 6.77. The predicted octanol–water partition coefficient (Wildman–Crippen LogP) is 2.83. The first-order valence-corrected chi connectivity index (χ1v) is 6.06. The lowest BCUT2D eigenvalue weighted by molar-refractivity contribution is -0.119. The molecule has 15 heavy (non-hydrogen) atoms. The molecule has 0 heterocycles. The van der Waals surface area contributed by atoms with Crippen LogP contribution in [0.1, 0.15) is 47.5 Å². The zero-order chi connectivity index (χ0) is 11.7. The number of ether oxygens (including phenoxy) is 1. The summed E-state index contributed by atoms with van der Waals surface area (Å²) in [5.74, 6) is 0. The van der Waals surface area contributed by atoms with Crippen LogP contribution < -0.4 is 5.32 Å². The normalized spacial score (nSPS) is 30.0. The Morgan fingerprint density at radius 3 is 2.33 bits per heavy atom. The molecule has 2 unspecified atom stereocenters. The second-order valence-corrected chi connectivity index (χ2v) is 6.57. The Hall–Kier alpha value is -0.0800. The number of hydrogen-bond donors (Lipinski definition) is 1. The standard InChI is InChI=1S/C13H27NO/c1-12(2,3)7-8-15-11-9-10(14-6)13(11,4)5/h10-11,14H,7-9H2,1-6H3. The topological polar surface area (TPSA) is 21.3 Å². The largest absolute Gasteiger partial charge is 0.378 e. The van der Waals surface area contributed by atoms with Crippen LogP contribution in [0.15, 0.2) is 0 Å². The Morgan fingerprint density at radius 2 is 1.93 bits per heavy atom. The molecule has 2 nitrogen and oxygen atoms in total. The van der Waals surface area contributed by atoms with Crippen LogP contribution in [-0.4, -0.2) is 25.8 Å². The van der Waals surface area contributed by atoms with Gasteiger partial charge in [-0.15, -0.1) is 0 Å². The molecule has 0 radical (unpaired) electrons. The Morgan fingerprint density at radius 1 is 1.33 bits per heavy atom. The minimum absolute atomic E-state index is 0.298. The molecule has 0 aliphatic heterocycles. The van der Waals surface area contributed by atoms with Gasteiger partial charge in [0.2, 0.25) is 0 Å². The molecule has 2 heteroatoms. The van der Waals surface area contributed by atoms with Gasteiger partial charge in [-0.25, -0.2) is 0 Å². The van der Waals surface area contributed by atoms with Gasteiger partial charge in [0.1, 0.15) is 0 Å². The van der Waals surface area contributed by atoms with Crippen molar-refractivity contribution in [2.24, 2.45) is 10.8 Å². The molecule has 0 spiro atoms. The lowest BCUT2D eigenvalue weighted by Gasteiger charge is -2.51. The molecule has 1 saturated carbocycles. The van der Waals surface area contributed by atoms with Crippen molar-refractivity contribution in [2.75, 3.05) is 13.7 Å². The minimum Gasteiger partial charge on any atom is -0.378 e. The Balaban J connectivity index is 2.25. The smallest absolute Gasteiger partial charge is 0.0655 e. The zero-order valence-corrected chi connectivity index (χ0v) is 11.2. The van der Waals surface area contributed by atoms with Crippen LogP contribution in [-0.2, 0) is 4.74 Å². The highest BCUT2D eigenvalue weighted by Gasteiger charge is 2.48. The molecule has 90 valence electrons. The maximum Gasteiger partial charge on any atom is 0.0655 e. The van der Waals surface area contributed by atoms with Crippen molar-refractivity contribution < 1.29 is 4.74 Å². The maximum atomic E-state index is 5.96. The minimum atomic E-state index is 0.298. The van der Waals surface area contributed by atoms with Gasteiger partial charge >= 0.3 is 0 Å². The molecule has 1 fully saturated rings. The molecule has 1 N–H and O–H groups in total. The summed E-state index contributed by atoms with van der Waals surface area (Å²) >= 11 is 0. The van der Waals surface area contributed by atoms with E-state index < -0.39 is 0 Å². The van der Waals surface area contributed by atoms with E-state index in [4.69, 9.17) is 4.74 Å². The van der Waals surface area contributed by atoms with Gasteiger partial charge in [0, 0.05) is 18.1 Å². The lowest BCUT2D eigenvalue weighted by Crippen LogP contribution is -2.60. The molecule has 0 aromatic heterocycles. The van der Waals surface area contributed by atoms with Crippen molar-refractivity contribution in [3.8, 4) is 0 Å². The van der Waals surface area contributed by atoms with Gasteiger partial charge in [-0.2, -0.15) is 0 Å². The fourth-order valence-electron chi connectivity index (χ4n) is 2.17. The Kier molecular flexibility index (Phi) is 3.83. The van der Waals surface area contributed by atoms with E-state index in [0.29, 0.717) is 23.0 Å². The quantitative estimate of drug-likeness (QED) is 0.775. The first-order valence-electron chi connectivity index (χ1n) is 6.06. The summed E-state index contributed by atoms with van der Waals surface area (Å²) in [6.45, 7) is 12.3. The number of rotatable bonds is 4. The second-order valence-electron chi connectivity index (χ2n) is 6.57. The highest BCUT2D eigenvalue weighted by Crippen LogP contribution is 2.42. The predicted molar refractivity (Wildman–Crippen MR) is 65.1 cm³/mol. The average molecular weight is 213 g/mol. The van der Waals surface area contributed by atoms with E-state index in [1.165, 1.54) is 0 Å². The molecule has 2 atom stereocenters. The summed E-state index contributed by atoms with van der Waals surface area (Å²) in [5.41, 5.74) is 0.683. The van der Waals surface area contributed by atoms with Crippen LogP contribution in [0.3, 0.4) is 0 Å². The van der Waals surface area contributed by atoms with Gasteiger partial charge < -0.3 is 10.1 Å². The Bertz CT molecular complexity index is 205. The third-order valence-electron chi connectivity index (χ3n) is 3.70. The van der Waals surface area contributed by atoms with Crippen LogP contribution in [0, 0.1) is 10.8 Å². The van der Waals surface area contributed by atoms with Gasteiger partial charge in [0.15, 0.2) is 0 Å². The van der Waals surface area contributed by atoms with Gasteiger partial charge in [0.05, 0.1) is 6.10 Å². The van der Waals surface area contributed by atoms with Crippen LogP contribution >= 0.6 is 0 Å². The molecule has 0 saturated heterocycles.